The lowest BCUT2D eigenvalue weighted by molar-refractivity contribution is -0.118. The molecule has 0 aliphatic carbocycles. The molecule has 0 atom stereocenters. The average molecular weight is 436 g/mol. The van der Waals surface area contributed by atoms with Gasteiger partial charge in [0.25, 0.3) is 11.8 Å². The van der Waals surface area contributed by atoms with Gasteiger partial charge in [0.15, 0.2) is 6.61 Å². The van der Waals surface area contributed by atoms with E-state index in [2.05, 4.69) is 10.6 Å². The maximum absolute atomic E-state index is 12.4. The van der Waals surface area contributed by atoms with Gasteiger partial charge in [-0.15, -0.1) is 0 Å². The summed E-state index contributed by atoms with van der Waals surface area (Å²) < 4.78 is 10.7. The number of para-hydroxylation sites is 1. The van der Waals surface area contributed by atoms with Gasteiger partial charge in [-0.1, -0.05) is 23.7 Å². The second-order valence-corrected chi connectivity index (χ2v) is 6.73. The zero-order valence-electron chi connectivity index (χ0n) is 16.5. The van der Waals surface area contributed by atoms with Gasteiger partial charge in [-0.3, -0.25) is 9.59 Å². The van der Waals surface area contributed by atoms with Crippen molar-refractivity contribution in [2.24, 2.45) is 0 Å². The second kappa shape index (κ2) is 10.1. The molecule has 31 heavy (non-hydrogen) atoms. The SMILES string of the molecule is COc1ccccc1C(=O)Nc1ccc(OCC(=O)Nc2ccc(C#N)c(Cl)c2)cc1. The number of carbonyl (C=O) groups is 2. The number of carbonyl (C=O) groups excluding carboxylic acids is 2. The largest absolute Gasteiger partial charge is 0.496 e. The summed E-state index contributed by atoms with van der Waals surface area (Å²) in [6.45, 7) is -0.218. The Morgan fingerprint density at radius 3 is 2.39 bits per heavy atom. The highest BCUT2D eigenvalue weighted by Gasteiger charge is 2.12. The molecule has 0 aliphatic rings. The molecule has 0 aromatic heterocycles. The summed E-state index contributed by atoms with van der Waals surface area (Å²) in [5.41, 5.74) is 1.78. The van der Waals surface area contributed by atoms with Crippen molar-refractivity contribution in [3.8, 4) is 17.6 Å². The van der Waals surface area contributed by atoms with E-state index in [0.717, 1.165) is 0 Å². The third kappa shape index (κ3) is 5.75. The molecule has 7 nitrogen and oxygen atoms in total. The molecular weight excluding hydrogens is 418 g/mol. The number of nitrogens with one attached hydrogen (secondary N) is 2. The van der Waals surface area contributed by atoms with Crippen LogP contribution in [-0.4, -0.2) is 25.5 Å². The number of halogens is 1. The lowest BCUT2D eigenvalue weighted by Gasteiger charge is -2.10. The third-order valence-electron chi connectivity index (χ3n) is 4.21. The zero-order valence-corrected chi connectivity index (χ0v) is 17.3. The summed E-state index contributed by atoms with van der Waals surface area (Å²) in [6.07, 6.45) is 0. The Morgan fingerprint density at radius 1 is 1.00 bits per heavy atom. The Hall–Kier alpha value is -4.02. The van der Waals surface area contributed by atoms with E-state index >= 15 is 0 Å². The van der Waals surface area contributed by atoms with Crippen LogP contribution in [0.5, 0.6) is 11.5 Å². The summed E-state index contributed by atoms with van der Waals surface area (Å²) >= 11 is 5.95. The van der Waals surface area contributed by atoms with Gasteiger partial charge in [-0.25, -0.2) is 0 Å². The molecule has 3 aromatic rings. The molecule has 3 aromatic carbocycles. The van der Waals surface area contributed by atoms with Gasteiger partial charge in [0.05, 0.1) is 23.3 Å². The molecule has 0 unspecified atom stereocenters. The minimum Gasteiger partial charge on any atom is -0.496 e. The molecule has 2 N–H and O–H groups in total. The first-order valence-corrected chi connectivity index (χ1v) is 9.54. The normalized spacial score (nSPS) is 9.97. The highest BCUT2D eigenvalue weighted by atomic mass is 35.5. The van der Waals surface area contributed by atoms with Crippen LogP contribution in [0.3, 0.4) is 0 Å². The number of hydrogen-bond acceptors (Lipinski definition) is 5. The van der Waals surface area contributed by atoms with Crippen molar-refractivity contribution in [1.29, 1.82) is 5.26 Å². The molecule has 0 saturated heterocycles. The molecule has 0 heterocycles. The van der Waals surface area contributed by atoms with E-state index in [1.165, 1.54) is 19.2 Å². The molecule has 0 radical (unpaired) electrons. The van der Waals surface area contributed by atoms with Gasteiger partial charge >= 0.3 is 0 Å². The van der Waals surface area contributed by atoms with Gasteiger partial charge in [0.1, 0.15) is 17.6 Å². The van der Waals surface area contributed by atoms with Crippen LogP contribution in [0, 0.1) is 11.3 Å². The Bertz CT molecular complexity index is 1140. The smallest absolute Gasteiger partial charge is 0.262 e. The van der Waals surface area contributed by atoms with Gasteiger partial charge in [-0.05, 0) is 54.6 Å². The standard InChI is InChI=1S/C23H18ClN3O4/c1-30-21-5-3-2-4-19(21)23(29)27-16-8-10-18(11-9-16)31-14-22(28)26-17-7-6-15(13-25)20(24)12-17/h2-12H,14H2,1H3,(H,26,28)(H,27,29). The van der Waals surface area contributed by atoms with Crippen LogP contribution in [0.4, 0.5) is 11.4 Å². The zero-order chi connectivity index (χ0) is 22.2. The first kappa shape index (κ1) is 21.7. The van der Waals surface area contributed by atoms with Crippen LogP contribution in [0.15, 0.2) is 66.7 Å². The molecule has 8 heteroatoms. The van der Waals surface area contributed by atoms with E-state index in [1.54, 1.807) is 54.6 Å². The van der Waals surface area contributed by atoms with E-state index in [1.807, 2.05) is 6.07 Å². The predicted molar refractivity (Wildman–Crippen MR) is 118 cm³/mol. The number of nitriles is 1. The first-order chi connectivity index (χ1) is 15.0. The van der Waals surface area contributed by atoms with Crippen molar-refractivity contribution in [1.82, 2.24) is 0 Å². The summed E-state index contributed by atoms with van der Waals surface area (Å²) in [7, 11) is 1.50. The van der Waals surface area contributed by atoms with Crippen LogP contribution in [0.2, 0.25) is 5.02 Å². The second-order valence-electron chi connectivity index (χ2n) is 6.32. The lowest BCUT2D eigenvalue weighted by Crippen LogP contribution is -2.20. The third-order valence-corrected chi connectivity index (χ3v) is 4.52. The van der Waals surface area contributed by atoms with Crippen molar-refractivity contribution in [3.63, 3.8) is 0 Å². The maximum Gasteiger partial charge on any atom is 0.262 e. The van der Waals surface area contributed by atoms with Gasteiger partial charge < -0.3 is 20.1 Å². The summed E-state index contributed by atoms with van der Waals surface area (Å²) in [4.78, 5) is 24.5. The molecule has 0 bridgehead atoms. The number of rotatable bonds is 7. The van der Waals surface area contributed by atoms with Crippen molar-refractivity contribution in [3.05, 3.63) is 82.9 Å². The van der Waals surface area contributed by atoms with Crippen LogP contribution in [0.25, 0.3) is 0 Å². The van der Waals surface area contributed by atoms with Crippen molar-refractivity contribution in [2.45, 2.75) is 0 Å². The van der Waals surface area contributed by atoms with Crippen molar-refractivity contribution >= 4 is 34.8 Å². The van der Waals surface area contributed by atoms with Crippen LogP contribution in [0.1, 0.15) is 15.9 Å². The quantitative estimate of drug-likeness (QED) is 0.569. The fourth-order valence-corrected chi connectivity index (χ4v) is 2.92. The number of methoxy groups -OCH3 is 1. The molecule has 0 spiro atoms. The van der Waals surface area contributed by atoms with E-state index in [4.69, 9.17) is 26.3 Å². The number of ether oxygens (including phenoxy) is 2. The number of anilines is 2. The van der Waals surface area contributed by atoms with Crippen LogP contribution in [-0.2, 0) is 4.79 Å². The van der Waals surface area contributed by atoms with Crippen molar-refractivity contribution in [2.75, 3.05) is 24.4 Å². The molecule has 0 fully saturated rings. The van der Waals surface area contributed by atoms with Gasteiger partial charge in [0.2, 0.25) is 0 Å². The van der Waals surface area contributed by atoms with Crippen molar-refractivity contribution < 1.29 is 19.1 Å². The van der Waals surface area contributed by atoms with E-state index in [-0.39, 0.29) is 23.4 Å². The Morgan fingerprint density at radius 2 is 1.71 bits per heavy atom. The highest BCUT2D eigenvalue weighted by molar-refractivity contribution is 6.32. The van der Waals surface area contributed by atoms with E-state index < -0.39 is 0 Å². The van der Waals surface area contributed by atoms with Crippen LogP contribution >= 0.6 is 11.6 Å². The van der Waals surface area contributed by atoms with E-state index in [9.17, 15) is 9.59 Å². The van der Waals surface area contributed by atoms with E-state index in [0.29, 0.717) is 34.0 Å². The minimum absolute atomic E-state index is 0.218. The van der Waals surface area contributed by atoms with Gasteiger partial charge in [0, 0.05) is 11.4 Å². The maximum atomic E-state index is 12.4. The lowest BCUT2D eigenvalue weighted by atomic mass is 10.2. The molecular formula is C23H18ClN3O4. The predicted octanol–water partition coefficient (Wildman–Crippen LogP) is 4.49. The Balaban J connectivity index is 1.53. The molecule has 2 amide bonds. The fourth-order valence-electron chi connectivity index (χ4n) is 2.69. The average Bonchev–Trinajstić information content (AvgIpc) is 2.78. The Kier molecular flexibility index (Phi) is 7.09. The minimum atomic E-state index is -0.380. The molecule has 0 saturated carbocycles. The molecule has 0 aliphatic heterocycles. The number of nitrogens with zero attached hydrogens (tertiary/aromatic N) is 1. The van der Waals surface area contributed by atoms with Gasteiger partial charge in [-0.2, -0.15) is 5.26 Å². The topological polar surface area (TPSA) is 100 Å². The fraction of sp³-hybridized carbons (Fsp3) is 0.0870. The van der Waals surface area contributed by atoms with Crippen LogP contribution < -0.4 is 20.1 Å². The first-order valence-electron chi connectivity index (χ1n) is 9.17. The molecule has 156 valence electrons. The summed E-state index contributed by atoms with van der Waals surface area (Å²) in [5.74, 6) is 0.263. The number of benzene rings is 3. The summed E-state index contributed by atoms with van der Waals surface area (Å²) in [6, 6.07) is 20.1. The highest BCUT2D eigenvalue weighted by Crippen LogP contribution is 2.22. The number of amides is 2. The Labute approximate surface area is 184 Å². The monoisotopic (exact) mass is 435 g/mol. The molecule has 3 rings (SSSR count). The number of hydrogen-bond donors (Lipinski definition) is 2. The summed E-state index contributed by atoms with van der Waals surface area (Å²) in [5, 5.41) is 14.6.